The summed E-state index contributed by atoms with van der Waals surface area (Å²) in [6, 6.07) is 57.9. The molecular weight excluding hydrogens is 537 g/mol. The molecule has 1 aliphatic rings. The fourth-order valence-electron chi connectivity index (χ4n) is 7.08. The first-order valence-electron chi connectivity index (χ1n) is 14.8. The summed E-state index contributed by atoms with van der Waals surface area (Å²) in [5, 5.41) is 7.77. The van der Waals surface area contributed by atoms with E-state index in [1.807, 2.05) is 11.8 Å². The van der Waals surface area contributed by atoms with Crippen LogP contribution in [0.2, 0.25) is 0 Å². The second kappa shape index (κ2) is 9.73. The second-order valence-corrected chi connectivity index (χ2v) is 12.3. The molecule has 0 nitrogen and oxygen atoms in total. The Bertz CT molecular complexity index is 2310. The van der Waals surface area contributed by atoms with Crippen LogP contribution in [0, 0.1) is 0 Å². The fourth-order valence-corrected chi connectivity index (χ4v) is 8.22. The van der Waals surface area contributed by atoms with E-state index in [-0.39, 0.29) is 0 Å². The zero-order valence-corrected chi connectivity index (χ0v) is 24.2. The van der Waals surface area contributed by atoms with E-state index < -0.39 is 0 Å². The minimum atomic E-state index is 1.25. The zero-order chi connectivity index (χ0) is 28.3. The van der Waals surface area contributed by atoms with Crippen LogP contribution in [0.15, 0.2) is 168 Å². The molecule has 0 spiro atoms. The molecule has 0 saturated heterocycles. The van der Waals surface area contributed by atoms with E-state index in [0.29, 0.717) is 0 Å². The average molecular weight is 563 g/mol. The van der Waals surface area contributed by atoms with Gasteiger partial charge in [0, 0.05) is 15.2 Å². The van der Waals surface area contributed by atoms with Gasteiger partial charge in [-0.05, 0) is 83.6 Å². The Morgan fingerprint density at radius 2 is 0.791 bits per heavy atom. The molecule has 0 unspecified atom stereocenters. The smallest absolute Gasteiger partial charge is 0.0207 e. The second-order valence-electron chi connectivity index (χ2n) is 11.2. The largest absolute Gasteiger partial charge is 0.0888 e. The predicted octanol–water partition coefficient (Wildman–Crippen LogP) is 12.3. The van der Waals surface area contributed by atoms with Crippen LogP contribution in [0.5, 0.6) is 0 Å². The SMILES string of the molecule is c1ccc(-c2c3ccccc3c(-c3ccccc3-c3ccc4c5c(cccc35)Sc3ccccc3-4)c3ccccc23)cc1. The first kappa shape index (κ1) is 24.5. The summed E-state index contributed by atoms with van der Waals surface area (Å²) in [6.45, 7) is 0. The number of fused-ring (bicyclic) bond motifs is 4. The molecule has 1 aliphatic heterocycles. The third-order valence-electron chi connectivity index (χ3n) is 8.88. The van der Waals surface area contributed by atoms with Gasteiger partial charge in [0.2, 0.25) is 0 Å². The van der Waals surface area contributed by atoms with Crippen LogP contribution < -0.4 is 0 Å². The minimum Gasteiger partial charge on any atom is -0.0888 e. The highest BCUT2D eigenvalue weighted by molar-refractivity contribution is 7.99. The lowest BCUT2D eigenvalue weighted by Gasteiger charge is -2.23. The first-order chi connectivity index (χ1) is 21.4. The monoisotopic (exact) mass is 562 g/mol. The molecule has 0 amide bonds. The molecule has 43 heavy (non-hydrogen) atoms. The molecule has 200 valence electrons. The highest BCUT2D eigenvalue weighted by atomic mass is 32.2. The predicted molar refractivity (Wildman–Crippen MR) is 185 cm³/mol. The highest BCUT2D eigenvalue weighted by Gasteiger charge is 2.23. The van der Waals surface area contributed by atoms with E-state index in [1.54, 1.807) is 0 Å². The van der Waals surface area contributed by atoms with E-state index >= 15 is 0 Å². The Labute approximate surface area is 255 Å². The number of hydrogen-bond acceptors (Lipinski definition) is 1. The summed E-state index contributed by atoms with van der Waals surface area (Å²) in [5.41, 5.74) is 10.3. The summed E-state index contributed by atoms with van der Waals surface area (Å²) >= 11 is 1.88. The topological polar surface area (TPSA) is 0 Å². The van der Waals surface area contributed by atoms with Gasteiger partial charge in [-0.15, -0.1) is 0 Å². The molecule has 0 aliphatic carbocycles. The van der Waals surface area contributed by atoms with Crippen LogP contribution in [0.3, 0.4) is 0 Å². The number of benzene rings is 8. The van der Waals surface area contributed by atoms with Crippen LogP contribution in [0.25, 0.3) is 76.8 Å². The molecule has 0 bridgehead atoms. The molecule has 8 aromatic rings. The van der Waals surface area contributed by atoms with Gasteiger partial charge in [-0.1, -0.05) is 157 Å². The molecular formula is C42H26S. The van der Waals surface area contributed by atoms with Crippen LogP contribution >= 0.6 is 11.8 Å². The fraction of sp³-hybridized carbons (Fsp3) is 0. The van der Waals surface area contributed by atoms with Gasteiger partial charge >= 0.3 is 0 Å². The van der Waals surface area contributed by atoms with Crippen molar-refractivity contribution >= 4 is 44.1 Å². The Hall–Kier alpha value is -5.11. The van der Waals surface area contributed by atoms with E-state index in [2.05, 4.69) is 158 Å². The van der Waals surface area contributed by atoms with Gasteiger partial charge in [0.05, 0.1) is 0 Å². The maximum absolute atomic E-state index is 2.34. The molecule has 1 heterocycles. The average Bonchev–Trinajstić information content (AvgIpc) is 3.08. The maximum atomic E-state index is 2.34. The van der Waals surface area contributed by atoms with Crippen molar-refractivity contribution in [3.05, 3.63) is 158 Å². The standard InChI is InChI=1S/C42H26S/c1-2-13-27(14-3-1)40-33-18-6-8-20-35(33)41(36-21-9-7-19-34(36)40)31-17-5-4-15-28(31)29-25-26-37-30-16-10-11-23-38(30)43-39-24-12-22-32(29)42(37)39/h1-26H. The van der Waals surface area contributed by atoms with Gasteiger partial charge in [-0.3, -0.25) is 0 Å². The van der Waals surface area contributed by atoms with E-state index in [9.17, 15) is 0 Å². The molecule has 0 N–H and O–H groups in total. The zero-order valence-electron chi connectivity index (χ0n) is 23.4. The lowest BCUT2D eigenvalue weighted by atomic mass is 9.83. The summed E-state index contributed by atoms with van der Waals surface area (Å²) in [7, 11) is 0. The number of hydrogen-bond donors (Lipinski definition) is 0. The summed E-state index contributed by atoms with van der Waals surface area (Å²) in [4.78, 5) is 2.65. The molecule has 9 rings (SSSR count). The normalized spacial score (nSPS) is 12.1. The van der Waals surface area contributed by atoms with E-state index in [0.717, 1.165) is 0 Å². The van der Waals surface area contributed by atoms with Gasteiger partial charge < -0.3 is 0 Å². The van der Waals surface area contributed by atoms with Gasteiger partial charge in [-0.2, -0.15) is 0 Å². The van der Waals surface area contributed by atoms with Gasteiger partial charge in [0.25, 0.3) is 0 Å². The van der Waals surface area contributed by atoms with Crippen LogP contribution in [-0.4, -0.2) is 0 Å². The van der Waals surface area contributed by atoms with E-state index in [4.69, 9.17) is 0 Å². The van der Waals surface area contributed by atoms with Crippen molar-refractivity contribution in [2.75, 3.05) is 0 Å². The van der Waals surface area contributed by atoms with Crippen LogP contribution in [0.1, 0.15) is 0 Å². The molecule has 1 heteroatoms. The van der Waals surface area contributed by atoms with Crippen LogP contribution in [-0.2, 0) is 0 Å². The maximum Gasteiger partial charge on any atom is 0.0207 e. The molecule has 0 fully saturated rings. The molecule has 0 saturated carbocycles. The van der Waals surface area contributed by atoms with Crippen LogP contribution in [0.4, 0.5) is 0 Å². The van der Waals surface area contributed by atoms with Crippen molar-refractivity contribution in [3.63, 3.8) is 0 Å². The Morgan fingerprint density at radius 1 is 0.279 bits per heavy atom. The van der Waals surface area contributed by atoms with Gasteiger partial charge in [0.1, 0.15) is 0 Å². The summed E-state index contributed by atoms with van der Waals surface area (Å²) < 4.78 is 0. The van der Waals surface area contributed by atoms with Crippen molar-refractivity contribution in [3.8, 4) is 44.5 Å². The lowest BCUT2D eigenvalue weighted by Crippen LogP contribution is -1.95. The van der Waals surface area contributed by atoms with Gasteiger partial charge in [-0.25, -0.2) is 0 Å². The Morgan fingerprint density at radius 3 is 1.51 bits per heavy atom. The molecule has 0 radical (unpaired) electrons. The van der Waals surface area contributed by atoms with Crippen molar-refractivity contribution in [2.45, 2.75) is 9.79 Å². The minimum absolute atomic E-state index is 1.25. The highest BCUT2D eigenvalue weighted by Crippen LogP contribution is 2.51. The van der Waals surface area contributed by atoms with Crippen molar-refractivity contribution in [1.29, 1.82) is 0 Å². The van der Waals surface area contributed by atoms with E-state index in [1.165, 1.54) is 86.6 Å². The number of rotatable bonds is 3. The molecule has 0 atom stereocenters. The Balaban J connectivity index is 1.37. The third-order valence-corrected chi connectivity index (χ3v) is 10.0. The first-order valence-corrected chi connectivity index (χ1v) is 15.6. The Kier molecular flexibility index (Phi) is 5.54. The quantitative estimate of drug-likeness (QED) is 0.193. The summed E-state index contributed by atoms with van der Waals surface area (Å²) in [5.74, 6) is 0. The molecule has 0 aromatic heterocycles. The van der Waals surface area contributed by atoms with Gasteiger partial charge in [0.15, 0.2) is 0 Å². The van der Waals surface area contributed by atoms with Crippen molar-refractivity contribution in [2.24, 2.45) is 0 Å². The van der Waals surface area contributed by atoms with Crippen molar-refractivity contribution in [1.82, 2.24) is 0 Å². The molecule has 8 aromatic carbocycles. The lowest BCUT2D eigenvalue weighted by molar-refractivity contribution is 1.40. The summed E-state index contributed by atoms with van der Waals surface area (Å²) in [6.07, 6.45) is 0. The third kappa shape index (κ3) is 3.72. The van der Waals surface area contributed by atoms with Crippen molar-refractivity contribution < 1.29 is 0 Å².